The lowest BCUT2D eigenvalue weighted by atomic mass is 10.2. The molecule has 4 heteroatoms. The van der Waals surface area contributed by atoms with Gasteiger partial charge in [0.1, 0.15) is 0 Å². The molecule has 0 spiro atoms. The lowest BCUT2D eigenvalue weighted by Gasteiger charge is -2.06. The fourth-order valence-electron chi connectivity index (χ4n) is 1.89. The number of imidazole rings is 1. The van der Waals surface area contributed by atoms with Crippen molar-refractivity contribution in [1.29, 1.82) is 0 Å². The Bertz CT molecular complexity index is 708. The quantitative estimate of drug-likeness (QED) is 0.545. The topological polar surface area (TPSA) is 39.3 Å². The van der Waals surface area contributed by atoms with Crippen molar-refractivity contribution in [2.75, 3.05) is 0 Å². The molecular weight excluding hydrogens is 190 g/mol. The molecule has 0 aliphatic heterocycles. The van der Waals surface area contributed by atoms with Crippen LogP contribution < -0.4 is 5.56 Å². The highest BCUT2D eigenvalue weighted by molar-refractivity contribution is 5.79. The molecule has 2 heterocycles. The summed E-state index contributed by atoms with van der Waals surface area (Å²) in [5.74, 6) is 0.665. The van der Waals surface area contributed by atoms with Crippen LogP contribution in [0.15, 0.2) is 41.5 Å². The van der Waals surface area contributed by atoms with Crippen molar-refractivity contribution in [1.82, 2.24) is 14.0 Å². The van der Waals surface area contributed by atoms with E-state index in [0.717, 1.165) is 5.52 Å². The van der Waals surface area contributed by atoms with Crippen LogP contribution in [0.25, 0.3) is 16.7 Å². The molecule has 0 unspecified atom stereocenters. The molecule has 15 heavy (non-hydrogen) atoms. The van der Waals surface area contributed by atoms with Gasteiger partial charge >= 0.3 is 0 Å². The van der Waals surface area contributed by atoms with Crippen molar-refractivity contribution in [3.05, 3.63) is 47.0 Å². The highest BCUT2D eigenvalue weighted by Crippen LogP contribution is 2.10. The zero-order chi connectivity index (χ0) is 10.4. The second-order valence-electron chi connectivity index (χ2n) is 3.48. The normalized spacial score (nSPS) is 11.3. The molecule has 0 saturated heterocycles. The van der Waals surface area contributed by atoms with Crippen molar-refractivity contribution in [3.8, 4) is 0 Å². The number of nitrogens with zero attached hydrogens (tertiary/aromatic N) is 3. The van der Waals surface area contributed by atoms with Gasteiger partial charge in [-0.25, -0.2) is 4.98 Å². The predicted octanol–water partition coefficient (Wildman–Crippen LogP) is 1.19. The first-order valence-electron chi connectivity index (χ1n) is 4.70. The van der Waals surface area contributed by atoms with E-state index in [1.54, 1.807) is 16.8 Å². The molecule has 1 aromatic carbocycles. The number of rotatable bonds is 0. The van der Waals surface area contributed by atoms with E-state index in [9.17, 15) is 4.79 Å². The minimum atomic E-state index is -0.0174. The summed E-state index contributed by atoms with van der Waals surface area (Å²) >= 11 is 0. The monoisotopic (exact) mass is 199 g/mol. The van der Waals surface area contributed by atoms with Crippen molar-refractivity contribution in [2.24, 2.45) is 7.05 Å². The highest BCUT2D eigenvalue weighted by atomic mass is 16.1. The number of hydrogen-bond donors (Lipinski definition) is 0. The van der Waals surface area contributed by atoms with E-state index in [-0.39, 0.29) is 5.56 Å². The molecule has 0 radical (unpaired) electrons. The van der Waals surface area contributed by atoms with Gasteiger partial charge in [0, 0.05) is 19.4 Å². The van der Waals surface area contributed by atoms with Crippen LogP contribution in [0.3, 0.4) is 0 Å². The Kier molecular flexibility index (Phi) is 1.48. The van der Waals surface area contributed by atoms with E-state index >= 15 is 0 Å². The van der Waals surface area contributed by atoms with E-state index in [1.807, 2.05) is 35.9 Å². The van der Waals surface area contributed by atoms with Gasteiger partial charge in [0.15, 0.2) is 0 Å². The van der Waals surface area contributed by atoms with Gasteiger partial charge in [-0.05, 0) is 12.1 Å². The highest BCUT2D eigenvalue weighted by Gasteiger charge is 2.07. The molecule has 74 valence electrons. The molecule has 3 rings (SSSR count). The zero-order valence-electron chi connectivity index (χ0n) is 8.21. The molecule has 0 aliphatic rings. The second kappa shape index (κ2) is 2.70. The minimum absolute atomic E-state index is 0.0174. The van der Waals surface area contributed by atoms with Crippen LogP contribution in [0.2, 0.25) is 0 Å². The van der Waals surface area contributed by atoms with Crippen LogP contribution in [0.4, 0.5) is 0 Å². The number of hydrogen-bond acceptors (Lipinski definition) is 2. The average Bonchev–Trinajstić information content (AvgIpc) is 2.75. The molecule has 0 N–H and O–H groups in total. The molecule has 4 nitrogen and oxygen atoms in total. The Hall–Kier alpha value is -2.10. The summed E-state index contributed by atoms with van der Waals surface area (Å²) in [4.78, 5) is 16.2. The van der Waals surface area contributed by atoms with Crippen LogP contribution in [-0.4, -0.2) is 14.0 Å². The maximum atomic E-state index is 12.0. The van der Waals surface area contributed by atoms with Gasteiger partial charge in [-0.15, -0.1) is 0 Å². The maximum Gasteiger partial charge on any atom is 0.266 e. The first-order chi connectivity index (χ1) is 7.29. The summed E-state index contributed by atoms with van der Waals surface area (Å²) in [6.07, 6.45) is 3.32. The lowest BCUT2D eigenvalue weighted by molar-refractivity contribution is 0.913. The Morgan fingerprint density at radius 1 is 1.27 bits per heavy atom. The van der Waals surface area contributed by atoms with Gasteiger partial charge in [-0.3, -0.25) is 9.20 Å². The van der Waals surface area contributed by atoms with Crippen molar-refractivity contribution < 1.29 is 0 Å². The first kappa shape index (κ1) is 8.23. The van der Waals surface area contributed by atoms with Gasteiger partial charge in [0.2, 0.25) is 5.78 Å². The Labute approximate surface area is 85.4 Å². The molecule has 3 aromatic rings. The molecule has 0 saturated carbocycles. The zero-order valence-corrected chi connectivity index (χ0v) is 8.21. The second-order valence-corrected chi connectivity index (χ2v) is 3.48. The molecule has 0 aliphatic carbocycles. The molecule has 0 atom stereocenters. The van der Waals surface area contributed by atoms with Crippen molar-refractivity contribution in [3.63, 3.8) is 0 Å². The van der Waals surface area contributed by atoms with Crippen LogP contribution in [0, 0.1) is 0 Å². The van der Waals surface area contributed by atoms with E-state index in [4.69, 9.17) is 0 Å². The third-order valence-corrected chi connectivity index (χ3v) is 2.64. The van der Waals surface area contributed by atoms with Crippen molar-refractivity contribution >= 4 is 16.7 Å². The smallest absolute Gasteiger partial charge is 0.266 e. The fraction of sp³-hybridized carbons (Fsp3) is 0.0909. The van der Waals surface area contributed by atoms with Crippen molar-refractivity contribution in [2.45, 2.75) is 0 Å². The summed E-state index contributed by atoms with van der Waals surface area (Å²) in [7, 11) is 1.91. The third-order valence-electron chi connectivity index (χ3n) is 2.64. The molecule has 2 aromatic heterocycles. The van der Waals surface area contributed by atoms with Crippen LogP contribution >= 0.6 is 0 Å². The Morgan fingerprint density at radius 2 is 2.07 bits per heavy atom. The van der Waals surface area contributed by atoms with Crippen LogP contribution in [-0.2, 0) is 7.05 Å². The van der Waals surface area contributed by atoms with Gasteiger partial charge in [-0.2, -0.15) is 0 Å². The maximum absolute atomic E-state index is 12.0. The number of aromatic nitrogens is 3. The lowest BCUT2D eigenvalue weighted by Crippen LogP contribution is -2.16. The number of para-hydroxylation sites is 1. The van der Waals surface area contributed by atoms with Crippen LogP contribution in [0.1, 0.15) is 0 Å². The van der Waals surface area contributed by atoms with Gasteiger partial charge < -0.3 is 4.57 Å². The van der Waals surface area contributed by atoms with Gasteiger partial charge in [-0.1, -0.05) is 12.1 Å². The molecule has 0 fully saturated rings. The Balaban J connectivity index is 2.76. The number of benzene rings is 1. The first-order valence-corrected chi connectivity index (χ1v) is 4.70. The molecular formula is C11H9N3O. The van der Waals surface area contributed by atoms with Crippen LogP contribution in [0.5, 0.6) is 0 Å². The molecule has 0 bridgehead atoms. The largest absolute Gasteiger partial charge is 0.314 e. The van der Waals surface area contributed by atoms with E-state index in [1.165, 1.54) is 0 Å². The van der Waals surface area contributed by atoms with Gasteiger partial charge in [0.05, 0.1) is 10.9 Å². The average molecular weight is 199 g/mol. The predicted molar refractivity (Wildman–Crippen MR) is 57.9 cm³/mol. The summed E-state index contributed by atoms with van der Waals surface area (Å²) in [6.45, 7) is 0. The standard InChI is InChI=1S/C11H9N3O/c1-13-9-5-3-2-4-8(9)10(15)14-7-6-12-11(13)14/h2-7H,1H3. The van der Waals surface area contributed by atoms with E-state index in [2.05, 4.69) is 4.98 Å². The summed E-state index contributed by atoms with van der Waals surface area (Å²) < 4.78 is 3.47. The summed E-state index contributed by atoms with van der Waals surface area (Å²) in [6, 6.07) is 7.54. The fourth-order valence-corrected chi connectivity index (χ4v) is 1.89. The number of aryl methyl sites for hydroxylation is 1. The van der Waals surface area contributed by atoms with E-state index in [0.29, 0.717) is 11.2 Å². The Morgan fingerprint density at radius 3 is 2.93 bits per heavy atom. The summed E-state index contributed by atoms with van der Waals surface area (Å²) in [5, 5.41) is 0.713. The minimum Gasteiger partial charge on any atom is -0.314 e. The summed E-state index contributed by atoms with van der Waals surface area (Å²) in [5.41, 5.74) is 0.886. The van der Waals surface area contributed by atoms with Gasteiger partial charge in [0.25, 0.3) is 5.56 Å². The molecule has 0 amide bonds. The number of fused-ring (bicyclic) bond motifs is 2. The SMILES string of the molecule is Cn1c2ccccc2c(=O)n2ccnc12. The third kappa shape index (κ3) is 0.958. The van der Waals surface area contributed by atoms with E-state index < -0.39 is 0 Å².